The molecule has 3 nitrogen and oxygen atoms in total. The van der Waals surface area contributed by atoms with Crippen molar-refractivity contribution in [1.82, 2.24) is 0 Å². The lowest BCUT2D eigenvalue weighted by molar-refractivity contribution is 0.156. The molecular formula is C58H41NO2S. The van der Waals surface area contributed by atoms with Gasteiger partial charge in [0.05, 0.1) is 0 Å². The van der Waals surface area contributed by atoms with E-state index in [1.54, 1.807) is 0 Å². The first-order valence-corrected chi connectivity index (χ1v) is 22.3. The van der Waals surface area contributed by atoms with Crippen LogP contribution < -0.4 is 9.64 Å². The Kier molecular flexibility index (Phi) is 7.43. The molecule has 0 saturated carbocycles. The Morgan fingerprint density at radius 1 is 0.548 bits per heavy atom. The predicted molar refractivity (Wildman–Crippen MR) is 260 cm³/mol. The molecule has 3 aliphatic rings. The minimum absolute atomic E-state index is 0.179. The SMILES string of the molecule is CC1(C)c2cc(N(c3ccc(-c4cccc5c4OC4(C)C=CC=CC54)cc3)c3ccc(-c4cccc5c4oc4ccccc45)cc3)ccc2-c2c1ccc1c2sc2ccccc21. The molecule has 2 unspecified atom stereocenters. The van der Waals surface area contributed by atoms with E-state index in [0.717, 1.165) is 67.0 Å². The predicted octanol–water partition coefficient (Wildman–Crippen LogP) is 16.4. The fourth-order valence-electron chi connectivity index (χ4n) is 10.7. The number of hydrogen-bond acceptors (Lipinski definition) is 4. The standard InChI is InChI=1S/C58H41NO2S/c1-57(2)49-32-31-45-43-13-5-7-20-52(43)62-56(45)53(49)46-30-29-39(34-50(46)57)59(37-25-21-35(22-26-37)40-14-10-16-44-42-12-4-6-19-51(42)60-54(40)44)38-27-23-36(24-28-38)41-15-11-17-47-48-18-8-9-33-58(48,3)61-55(41)47/h4-34,48H,1-3H3. The molecule has 0 saturated heterocycles. The molecule has 8 aromatic carbocycles. The Bertz CT molecular complexity index is 3550. The summed E-state index contributed by atoms with van der Waals surface area (Å²) in [6.07, 6.45) is 8.68. The number of nitrogens with zero attached hydrogens (tertiary/aromatic N) is 1. The lowest BCUT2D eigenvalue weighted by Crippen LogP contribution is -2.32. The van der Waals surface area contributed by atoms with Gasteiger partial charge in [0, 0.05) is 81.6 Å². The van der Waals surface area contributed by atoms with Crippen LogP contribution in [-0.2, 0) is 5.41 Å². The Balaban J connectivity index is 0.941. The molecule has 296 valence electrons. The first kappa shape index (κ1) is 35.6. The van der Waals surface area contributed by atoms with Gasteiger partial charge < -0.3 is 14.1 Å². The topological polar surface area (TPSA) is 25.6 Å². The highest BCUT2D eigenvalue weighted by atomic mass is 32.1. The Hall–Kier alpha value is -7.14. The normalized spacial score (nSPS) is 18.0. The van der Waals surface area contributed by atoms with E-state index in [9.17, 15) is 0 Å². The van der Waals surface area contributed by atoms with Gasteiger partial charge in [-0.05, 0) is 89.3 Å². The summed E-state index contributed by atoms with van der Waals surface area (Å²) in [5, 5.41) is 4.95. The van der Waals surface area contributed by atoms with E-state index in [0.29, 0.717) is 0 Å². The van der Waals surface area contributed by atoms with Crippen LogP contribution in [0.4, 0.5) is 17.1 Å². The molecule has 62 heavy (non-hydrogen) atoms. The second-order valence-electron chi connectivity index (χ2n) is 17.8. The molecule has 3 heterocycles. The van der Waals surface area contributed by atoms with Gasteiger partial charge >= 0.3 is 0 Å². The van der Waals surface area contributed by atoms with Crippen molar-refractivity contribution >= 4 is 70.5 Å². The number of fused-ring (bicyclic) bond motifs is 13. The van der Waals surface area contributed by atoms with Crippen LogP contribution in [0.25, 0.3) is 75.5 Å². The summed E-state index contributed by atoms with van der Waals surface area (Å²) in [6, 6.07) is 59.9. The highest BCUT2D eigenvalue weighted by molar-refractivity contribution is 7.26. The quantitative estimate of drug-likeness (QED) is 0.173. The molecule has 0 N–H and O–H groups in total. The minimum Gasteiger partial charge on any atom is -0.482 e. The average Bonchev–Trinajstić information content (AvgIpc) is 4.03. The molecule has 0 spiro atoms. The zero-order valence-corrected chi connectivity index (χ0v) is 35.5. The van der Waals surface area contributed by atoms with Crippen LogP contribution in [0, 0.1) is 0 Å². The van der Waals surface area contributed by atoms with Gasteiger partial charge in [0.1, 0.15) is 22.5 Å². The van der Waals surface area contributed by atoms with Crippen LogP contribution in [0.2, 0.25) is 0 Å². The monoisotopic (exact) mass is 815 g/mol. The van der Waals surface area contributed by atoms with Crippen molar-refractivity contribution in [2.45, 2.75) is 37.7 Å². The van der Waals surface area contributed by atoms with Gasteiger partial charge in [0.25, 0.3) is 0 Å². The van der Waals surface area contributed by atoms with Crippen LogP contribution >= 0.6 is 11.3 Å². The fraction of sp³-hybridized carbons (Fsp3) is 0.103. The molecule has 4 heteroatoms. The van der Waals surface area contributed by atoms with Crippen LogP contribution in [0.3, 0.4) is 0 Å². The van der Waals surface area contributed by atoms with Crippen LogP contribution in [-0.4, -0.2) is 5.60 Å². The third kappa shape index (κ3) is 5.05. The van der Waals surface area contributed by atoms with Crippen molar-refractivity contribution in [2.24, 2.45) is 0 Å². The maximum atomic E-state index is 6.77. The number of benzene rings is 8. The zero-order chi connectivity index (χ0) is 41.3. The largest absolute Gasteiger partial charge is 0.482 e. The van der Waals surface area contributed by atoms with Gasteiger partial charge in [-0.1, -0.05) is 147 Å². The summed E-state index contributed by atoms with van der Waals surface area (Å²) in [4.78, 5) is 2.40. The van der Waals surface area contributed by atoms with E-state index >= 15 is 0 Å². The van der Waals surface area contributed by atoms with Crippen molar-refractivity contribution in [2.75, 3.05) is 4.90 Å². The van der Waals surface area contributed by atoms with E-state index < -0.39 is 0 Å². The Morgan fingerprint density at radius 3 is 2.06 bits per heavy atom. The molecule has 13 rings (SSSR count). The molecular weight excluding hydrogens is 775 g/mol. The van der Waals surface area contributed by atoms with Crippen molar-refractivity contribution < 1.29 is 9.15 Å². The van der Waals surface area contributed by atoms with E-state index in [4.69, 9.17) is 9.15 Å². The second-order valence-corrected chi connectivity index (χ2v) is 18.8. The number of allylic oxidation sites excluding steroid dienone is 2. The molecule has 2 aromatic heterocycles. The Morgan fingerprint density at radius 2 is 1.24 bits per heavy atom. The number of furan rings is 1. The van der Waals surface area contributed by atoms with Gasteiger partial charge in [-0.3, -0.25) is 0 Å². The molecule has 0 bridgehead atoms. The number of anilines is 3. The van der Waals surface area contributed by atoms with Crippen LogP contribution in [0.1, 0.15) is 43.4 Å². The summed E-state index contributed by atoms with van der Waals surface area (Å²) < 4.78 is 16.0. The Labute approximate surface area is 364 Å². The van der Waals surface area contributed by atoms with Crippen LogP contribution in [0.15, 0.2) is 193 Å². The average molecular weight is 816 g/mol. The molecule has 0 radical (unpaired) electrons. The highest BCUT2D eigenvalue weighted by Crippen LogP contribution is 2.56. The van der Waals surface area contributed by atoms with Crippen molar-refractivity contribution in [3.63, 3.8) is 0 Å². The number of hydrogen-bond donors (Lipinski definition) is 0. The number of ether oxygens (including phenoxy) is 1. The maximum Gasteiger partial charge on any atom is 0.143 e. The molecule has 0 fully saturated rings. The highest BCUT2D eigenvalue weighted by Gasteiger charge is 2.43. The van der Waals surface area contributed by atoms with Crippen molar-refractivity contribution in [3.05, 3.63) is 205 Å². The molecule has 10 aromatic rings. The lowest BCUT2D eigenvalue weighted by atomic mass is 9.82. The van der Waals surface area contributed by atoms with E-state index in [1.165, 1.54) is 48.0 Å². The molecule has 2 aliphatic carbocycles. The first-order chi connectivity index (χ1) is 30.3. The van der Waals surface area contributed by atoms with E-state index in [2.05, 4.69) is 202 Å². The number of para-hydroxylation sites is 3. The summed E-state index contributed by atoms with van der Waals surface area (Å²) in [5.41, 5.74) is 15.7. The minimum atomic E-state index is -0.379. The maximum absolute atomic E-state index is 6.77. The summed E-state index contributed by atoms with van der Waals surface area (Å²) >= 11 is 1.92. The third-order valence-electron chi connectivity index (χ3n) is 13.9. The van der Waals surface area contributed by atoms with Gasteiger partial charge in [0.15, 0.2) is 0 Å². The van der Waals surface area contributed by atoms with Crippen molar-refractivity contribution in [1.29, 1.82) is 0 Å². The zero-order valence-electron chi connectivity index (χ0n) is 34.6. The van der Waals surface area contributed by atoms with Crippen molar-refractivity contribution in [3.8, 4) is 39.1 Å². The third-order valence-corrected chi connectivity index (χ3v) is 15.1. The van der Waals surface area contributed by atoms with Gasteiger partial charge in [-0.2, -0.15) is 0 Å². The van der Waals surface area contributed by atoms with E-state index in [1.807, 2.05) is 23.5 Å². The smallest absolute Gasteiger partial charge is 0.143 e. The summed E-state index contributed by atoms with van der Waals surface area (Å²) in [5.74, 6) is 1.17. The van der Waals surface area contributed by atoms with Crippen LogP contribution in [0.5, 0.6) is 5.75 Å². The molecule has 0 amide bonds. The molecule has 2 atom stereocenters. The fourth-order valence-corrected chi connectivity index (χ4v) is 12.0. The summed E-state index contributed by atoms with van der Waals surface area (Å²) in [7, 11) is 0. The van der Waals surface area contributed by atoms with Gasteiger partial charge in [0.2, 0.25) is 0 Å². The molecule has 1 aliphatic heterocycles. The second kappa shape index (κ2) is 12.9. The summed E-state index contributed by atoms with van der Waals surface area (Å²) in [6.45, 7) is 6.96. The van der Waals surface area contributed by atoms with Gasteiger partial charge in [-0.15, -0.1) is 11.3 Å². The van der Waals surface area contributed by atoms with E-state index in [-0.39, 0.29) is 16.9 Å². The number of rotatable bonds is 5. The van der Waals surface area contributed by atoms with Gasteiger partial charge in [-0.25, -0.2) is 0 Å². The lowest BCUT2D eigenvalue weighted by Gasteiger charge is -2.28. The first-order valence-electron chi connectivity index (χ1n) is 21.5. The number of thiophene rings is 1.